The molecule has 1 aromatic heterocycles. The predicted molar refractivity (Wildman–Crippen MR) is 107 cm³/mol. The Morgan fingerprint density at radius 2 is 1.76 bits per heavy atom. The van der Waals surface area contributed by atoms with Gasteiger partial charge in [-0.3, -0.25) is 9.36 Å². The van der Waals surface area contributed by atoms with Gasteiger partial charge in [-0.2, -0.15) is 0 Å². The number of fused-ring (bicyclic) bond motifs is 1. The average molecular weight is 413 g/mol. The van der Waals surface area contributed by atoms with E-state index in [1.807, 2.05) is 30.3 Å². The summed E-state index contributed by atoms with van der Waals surface area (Å²) in [7, 11) is -3.75. The number of rotatable bonds is 6. The molecule has 4 rings (SSSR count). The molecule has 3 aromatic rings. The maximum Gasteiger partial charge on any atom is 0.253 e. The van der Waals surface area contributed by atoms with E-state index in [-0.39, 0.29) is 23.5 Å². The van der Waals surface area contributed by atoms with Gasteiger partial charge in [0.15, 0.2) is 11.5 Å². The molecule has 0 unspecified atom stereocenters. The normalized spacial score (nSPS) is 13.2. The van der Waals surface area contributed by atoms with E-state index < -0.39 is 10.0 Å². The molecule has 0 amide bonds. The lowest BCUT2D eigenvalue weighted by molar-refractivity contribution is 0.171. The van der Waals surface area contributed by atoms with E-state index >= 15 is 0 Å². The van der Waals surface area contributed by atoms with E-state index in [9.17, 15) is 13.2 Å². The number of benzene rings is 2. The van der Waals surface area contributed by atoms with Crippen molar-refractivity contribution < 1.29 is 17.9 Å². The summed E-state index contributed by atoms with van der Waals surface area (Å²) in [6.07, 6.45) is 1.42. The third-order valence-corrected chi connectivity index (χ3v) is 5.88. The molecule has 0 spiro atoms. The highest BCUT2D eigenvalue weighted by Gasteiger charge is 2.19. The summed E-state index contributed by atoms with van der Waals surface area (Å²) in [5.74, 6) is 0.919. The summed E-state index contributed by atoms with van der Waals surface area (Å²) in [6.45, 7) is 1.01. The van der Waals surface area contributed by atoms with Gasteiger partial charge < -0.3 is 9.47 Å². The Bertz CT molecular complexity index is 1180. The van der Waals surface area contributed by atoms with Crippen LogP contribution in [0, 0.1) is 0 Å². The van der Waals surface area contributed by atoms with Crippen molar-refractivity contribution >= 4 is 10.0 Å². The van der Waals surface area contributed by atoms with Crippen molar-refractivity contribution in [3.05, 3.63) is 71.3 Å². The number of nitrogens with zero attached hydrogens (tertiary/aromatic N) is 2. The number of hydrogen-bond donors (Lipinski definition) is 1. The third-order valence-electron chi connectivity index (χ3n) is 4.42. The molecule has 0 aliphatic carbocycles. The molecule has 1 aliphatic heterocycles. The topological polar surface area (TPSA) is 99.5 Å². The van der Waals surface area contributed by atoms with E-state index in [0.717, 1.165) is 5.56 Å². The Balaban J connectivity index is 1.42. The van der Waals surface area contributed by atoms with Gasteiger partial charge in [-0.1, -0.05) is 30.3 Å². The molecular weight excluding hydrogens is 394 g/mol. The fraction of sp³-hybridized carbons (Fsp3) is 0.200. The molecule has 0 fully saturated rings. The van der Waals surface area contributed by atoms with Gasteiger partial charge in [-0.15, -0.1) is 0 Å². The van der Waals surface area contributed by atoms with Crippen LogP contribution in [0.25, 0.3) is 11.3 Å². The number of aromatic nitrogens is 2. The van der Waals surface area contributed by atoms with Crippen molar-refractivity contribution in [2.45, 2.75) is 11.4 Å². The van der Waals surface area contributed by atoms with Gasteiger partial charge in [0, 0.05) is 30.8 Å². The number of nitrogens with one attached hydrogen (secondary N) is 1. The monoisotopic (exact) mass is 413 g/mol. The number of ether oxygens (including phenoxy) is 2. The van der Waals surface area contributed by atoms with Crippen LogP contribution in [-0.2, 0) is 16.6 Å². The first-order valence-corrected chi connectivity index (χ1v) is 10.5. The van der Waals surface area contributed by atoms with Gasteiger partial charge in [0.1, 0.15) is 13.2 Å². The summed E-state index contributed by atoms with van der Waals surface area (Å²) in [5, 5.41) is 0. The van der Waals surface area contributed by atoms with Crippen molar-refractivity contribution in [2.75, 3.05) is 19.8 Å². The summed E-state index contributed by atoms with van der Waals surface area (Å²) in [6, 6.07) is 15.3. The average Bonchev–Trinajstić information content (AvgIpc) is 2.75. The zero-order valence-electron chi connectivity index (χ0n) is 15.4. The second-order valence-corrected chi connectivity index (χ2v) is 8.14. The second-order valence-electron chi connectivity index (χ2n) is 6.38. The maximum atomic E-state index is 12.5. The van der Waals surface area contributed by atoms with Crippen LogP contribution in [0.2, 0.25) is 0 Å². The van der Waals surface area contributed by atoms with Crippen LogP contribution in [0.15, 0.2) is 70.6 Å². The zero-order chi connectivity index (χ0) is 20.3. The molecule has 0 radical (unpaired) electrons. The molecule has 1 aliphatic rings. The Labute approximate surface area is 167 Å². The third kappa shape index (κ3) is 4.30. The summed E-state index contributed by atoms with van der Waals surface area (Å²) >= 11 is 0. The van der Waals surface area contributed by atoms with E-state index in [0.29, 0.717) is 30.4 Å². The Morgan fingerprint density at radius 3 is 2.52 bits per heavy atom. The van der Waals surface area contributed by atoms with Gasteiger partial charge >= 0.3 is 0 Å². The van der Waals surface area contributed by atoms with Crippen LogP contribution in [0.1, 0.15) is 0 Å². The lowest BCUT2D eigenvalue weighted by atomic mass is 10.1. The van der Waals surface area contributed by atoms with Crippen molar-refractivity contribution in [1.29, 1.82) is 0 Å². The fourth-order valence-electron chi connectivity index (χ4n) is 2.94. The second kappa shape index (κ2) is 8.06. The van der Waals surface area contributed by atoms with Crippen molar-refractivity contribution in [2.24, 2.45) is 0 Å². The standard InChI is InChI=1S/C20H19N3O5S/c24-20-13-17(15-4-2-1-3-5-15)21-14-23(20)9-8-22-29(25,26)16-6-7-18-19(12-16)28-11-10-27-18/h1-7,12-14,22H,8-11H2. The van der Waals surface area contributed by atoms with Gasteiger partial charge in [0.2, 0.25) is 10.0 Å². The summed E-state index contributed by atoms with van der Waals surface area (Å²) in [5.41, 5.74) is 1.16. The molecule has 2 aromatic carbocycles. The molecule has 0 saturated heterocycles. The number of hydrogen-bond acceptors (Lipinski definition) is 6. The lowest BCUT2D eigenvalue weighted by Crippen LogP contribution is -2.31. The first-order chi connectivity index (χ1) is 14.0. The van der Waals surface area contributed by atoms with Gasteiger partial charge in [0.05, 0.1) is 16.9 Å². The minimum atomic E-state index is -3.75. The van der Waals surface area contributed by atoms with Gasteiger partial charge in [0.25, 0.3) is 5.56 Å². The minimum absolute atomic E-state index is 0.0447. The largest absolute Gasteiger partial charge is 0.486 e. The Hall–Kier alpha value is -3.17. The Morgan fingerprint density at radius 1 is 1.00 bits per heavy atom. The molecule has 0 saturated carbocycles. The summed E-state index contributed by atoms with van der Waals surface area (Å²) in [4.78, 5) is 16.7. The van der Waals surface area contributed by atoms with Gasteiger partial charge in [-0.25, -0.2) is 18.1 Å². The number of sulfonamides is 1. The molecule has 29 heavy (non-hydrogen) atoms. The van der Waals surface area contributed by atoms with Crippen LogP contribution in [0.3, 0.4) is 0 Å². The van der Waals surface area contributed by atoms with Crippen LogP contribution in [0.4, 0.5) is 0 Å². The van der Waals surface area contributed by atoms with E-state index in [1.54, 1.807) is 6.07 Å². The quantitative estimate of drug-likeness (QED) is 0.660. The van der Waals surface area contributed by atoms with Crippen molar-refractivity contribution in [1.82, 2.24) is 14.3 Å². The first kappa shape index (κ1) is 19.2. The molecule has 9 heteroatoms. The highest BCUT2D eigenvalue weighted by Crippen LogP contribution is 2.32. The van der Waals surface area contributed by atoms with E-state index in [2.05, 4.69) is 9.71 Å². The van der Waals surface area contributed by atoms with Crippen LogP contribution in [0.5, 0.6) is 11.5 Å². The molecule has 2 heterocycles. The van der Waals surface area contributed by atoms with Crippen molar-refractivity contribution in [3.63, 3.8) is 0 Å². The van der Waals surface area contributed by atoms with Gasteiger partial charge in [-0.05, 0) is 12.1 Å². The minimum Gasteiger partial charge on any atom is -0.486 e. The molecule has 0 bridgehead atoms. The summed E-state index contributed by atoms with van der Waals surface area (Å²) < 4.78 is 39.7. The highest BCUT2D eigenvalue weighted by molar-refractivity contribution is 7.89. The fourth-order valence-corrected chi connectivity index (χ4v) is 3.97. The van der Waals surface area contributed by atoms with Crippen molar-refractivity contribution in [3.8, 4) is 22.8 Å². The SMILES string of the molecule is O=c1cc(-c2ccccc2)ncn1CCNS(=O)(=O)c1ccc2c(c1)OCCO2. The Kier molecular flexibility index (Phi) is 5.32. The smallest absolute Gasteiger partial charge is 0.253 e. The molecular formula is C20H19N3O5S. The zero-order valence-corrected chi connectivity index (χ0v) is 16.3. The predicted octanol–water partition coefficient (Wildman–Crippen LogP) is 1.66. The molecule has 0 atom stereocenters. The first-order valence-electron chi connectivity index (χ1n) is 9.04. The molecule has 150 valence electrons. The van der Waals surface area contributed by atoms with Crippen LogP contribution >= 0.6 is 0 Å². The van der Waals surface area contributed by atoms with Crippen LogP contribution in [-0.4, -0.2) is 37.7 Å². The maximum absolute atomic E-state index is 12.5. The molecule has 1 N–H and O–H groups in total. The highest BCUT2D eigenvalue weighted by atomic mass is 32.2. The lowest BCUT2D eigenvalue weighted by Gasteiger charge is -2.19. The van der Waals surface area contributed by atoms with Crippen LogP contribution < -0.4 is 19.8 Å². The molecule has 8 nitrogen and oxygen atoms in total. The van der Waals surface area contributed by atoms with E-state index in [1.165, 1.54) is 29.1 Å². The van der Waals surface area contributed by atoms with E-state index in [4.69, 9.17) is 9.47 Å².